The van der Waals surface area contributed by atoms with E-state index in [1.54, 1.807) is 25.7 Å². The summed E-state index contributed by atoms with van der Waals surface area (Å²) in [5.74, 6) is -2.15. The quantitative estimate of drug-likeness (QED) is 0.580. The number of carboxylic acids is 1. The summed E-state index contributed by atoms with van der Waals surface area (Å²) < 4.78 is 24.8. The van der Waals surface area contributed by atoms with Gasteiger partial charge in [-0.05, 0) is 45.7 Å². The van der Waals surface area contributed by atoms with Crippen molar-refractivity contribution in [2.75, 3.05) is 29.9 Å². The van der Waals surface area contributed by atoms with Crippen LogP contribution in [0.1, 0.15) is 44.0 Å². The van der Waals surface area contributed by atoms with Crippen LogP contribution < -0.4 is 15.5 Å². The molecule has 1 saturated heterocycles. The van der Waals surface area contributed by atoms with E-state index in [1.807, 2.05) is 0 Å². The number of rotatable bonds is 6. The molecule has 1 fully saturated rings. The van der Waals surface area contributed by atoms with E-state index in [0.29, 0.717) is 25.9 Å². The van der Waals surface area contributed by atoms with Crippen molar-refractivity contribution >= 4 is 29.5 Å². The van der Waals surface area contributed by atoms with Crippen LogP contribution in [0, 0.1) is 5.82 Å². The second-order valence-electron chi connectivity index (χ2n) is 8.10. The number of carbonyl (C=O) groups is 3. The number of hydrogen-bond donors (Lipinski definition) is 3. The molecule has 1 aromatic carbocycles. The summed E-state index contributed by atoms with van der Waals surface area (Å²) in [6.07, 6.45) is 1.27. The summed E-state index contributed by atoms with van der Waals surface area (Å²) in [6.45, 7) is 9.43. The van der Waals surface area contributed by atoms with E-state index in [9.17, 15) is 23.9 Å². The molecule has 0 aliphatic carbocycles. The number of carbonyl (C=O) groups excluding carboxylic acids is 2. The van der Waals surface area contributed by atoms with Gasteiger partial charge in [0.15, 0.2) is 0 Å². The Labute approximate surface area is 180 Å². The minimum atomic E-state index is -1.40. The maximum absolute atomic E-state index is 14.8. The van der Waals surface area contributed by atoms with Crippen LogP contribution in [-0.4, -0.2) is 54.6 Å². The van der Waals surface area contributed by atoms with Crippen molar-refractivity contribution in [1.82, 2.24) is 5.32 Å². The number of piperidine rings is 1. The van der Waals surface area contributed by atoms with E-state index < -0.39 is 35.1 Å². The third-order valence-electron chi connectivity index (χ3n) is 4.37. The highest BCUT2D eigenvalue weighted by molar-refractivity contribution is 5.99. The molecular formula is C21H28FN3O6. The zero-order valence-corrected chi connectivity index (χ0v) is 17.9. The molecular weight excluding hydrogens is 409 g/mol. The van der Waals surface area contributed by atoms with Crippen molar-refractivity contribution in [3.63, 3.8) is 0 Å². The Hall–Kier alpha value is -3.30. The van der Waals surface area contributed by atoms with Crippen molar-refractivity contribution in [1.29, 1.82) is 0 Å². The van der Waals surface area contributed by atoms with E-state index in [0.717, 1.165) is 6.07 Å². The van der Waals surface area contributed by atoms with Gasteiger partial charge in [0.2, 0.25) is 0 Å². The van der Waals surface area contributed by atoms with Gasteiger partial charge in [0.1, 0.15) is 18.0 Å². The number of ether oxygens (including phenoxy) is 2. The van der Waals surface area contributed by atoms with E-state index >= 15 is 0 Å². The average Bonchev–Trinajstić information content (AvgIpc) is 2.65. The maximum atomic E-state index is 14.8. The van der Waals surface area contributed by atoms with Crippen LogP contribution in [0.15, 0.2) is 24.8 Å². The summed E-state index contributed by atoms with van der Waals surface area (Å²) >= 11 is 0. The Bertz CT molecular complexity index is 852. The predicted octanol–water partition coefficient (Wildman–Crippen LogP) is 3.75. The number of aromatic carboxylic acids is 1. The highest BCUT2D eigenvalue weighted by Gasteiger charge is 2.27. The lowest BCUT2D eigenvalue weighted by molar-refractivity contribution is 0.0499. The van der Waals surface area contributed by atoms with Crippen molar-refractivity contribution in [2.45, 2.75) is 45.3 Å². The summed E-state index contributed by atoms with van der Waals surface area (Å²) in [7, 11) is 0. The zero-order valence-electron chi connectivity index (χ0n) is 17.9. The molecule has 0 bridgehead atoms. The SMILES string of the molecule is C=CCOC(=O)Nc1cc(N2CCC[C@H](NC(=O)OC(C)(C)C)C2)c(F)cc1C(=O)O. The topological polar surface area (TPSA) is 117 Å². The number of nitrogens with zero attached hydrogens (tertiary/aromatic N) is 1. The molecule has 0 unspecified atom stereocenters. The molecule has 1 aromatic rings. The lowest BCUT2D eigenvalue weighted by Gasteiger charge is -2.35. The molecule has 1 aliphatic rings. The first kappa shape index (κ1) is 24.0. The minimum absolute atomic E-state index is 0.0631. The van der Waals surface area contributed by atoms with Crippen LogP contribution in [0.25, 0.3) is 0 Å². The normalized spacial score (nSPS) is 16.3. The molecule has 2 rings (SSSR count). The number of carboxylic acid groups (broad SMARTS) is 1. The fourth-order valence-corrected chi connectivity index (χ4v) is 3.15. The number of benzene rings is 1. The van der Waals surface area contributed by atoms with Gasteiger partial charge in [-0.1, -0.05) is 12.7 Å². The molecule has 170 valence electrons. The first-order valence-corrected chi connectivity index (χ1v) is 9.86. The molecule has 1 heterocycles. The monoisotopic (exact) mass is 437 g/mol. The van der Waals surface area contributed by atoms with Crippen LogP contribution >= 0.6 is 0 Å². The van der Waals surface area contributed by atoms with Crippen molar-refractivity contribution in [3.05, 3.63) is 36.2 Å². The number of anilines is 2. The summed E-state index contributed by atoms with van der Waals surface area (Å²) in [5.41, 5.74) is -1.03. The molecule has 1 aliphatic heterocycles. The first-order chi connectivity index (χ1) is 14.5. The van der Waals surface area contributed by atoms with Crippen LogP contribution in [0.2, 0.25) is 0 Å². The first-order valence-electron chi connectivity index (χ1n) is 9.86. The zero-order chi connectivity index (χ0) is 23.2. The second-order valence-corrected chi connectivity index (χ2v) is 8.10. The highest BCUT2D eigenvalue weighted by atomic mass is 19.1. The molecule has 9 nitrogen and oxygen atoms in total. The number of nitrogens with one attached hydrogen (secondary N) is 2. The van der Waals surface area contributed by atoms with Gasteiger partial charge in [0, 0.05) is 19.1 Å². The van der Waals surface area contributed by atoms with Gasteiger partial charge in [-0.25, -0.2) is 18.8 Å². The van der Waals surface area contributed by atoms with Gasteiger partial charge < -0.3 is 24.8 Å². The average molecular weight is 437 g/mol. The minimum Gasteiger partial charge on any atom is -0.478 e. The van der Waals surface area contributed by atoms with Gasteiger partial charge in [-0.2, -0.15) is 0 Å². The number of halogens is 1. The van der Waals surface area contributed by atoms with Gasteiger partial charge >= 0.3 is 18.2 Å². The summed E-state index contributed by atoms with van der Waals surface area (Å²) in [5, 5.41) is 14.5. The maximum Gasteiger partial charge on any atom is 0.411 e. The second kappa shape index (κ2) is 10.1. The largest absolute Gasteiger partial charge is 0.478 e. The van der Waals surface area contributed by atoms with Crippen molar-refractivity contribution in [2.24, 2.45) is 0 Å². The lowest BCUT2D eigenvalue weighted by Crippen LogP contribution is -2.49. The Morgan fingerprint density at radius 2 is 2.03 bits per heavy atom. The molecule has 0 saturated carbocycles. The van der Waals surface area contributed by atoms with Gasteiger partial charge in [0.25, 0.3) is 0 Å². The van der Waals surface area contributed by atoms with Gasteiger partial charge in [-0.3, -0.25) is 5.32 Å². The Morgan fingerprint density at radius 1 is 1.32 bits per heavy atom. The molecule has 1 atom stereocenters. The summed E-state index contributed by atoms with van der Waals surface area (Å²) in [6, 6.07) is 1.83. The number of hydrogen-bond acceptors (Lipinski definition) is 6. The lowest BCUT2D eigenvalue weighted by atomic mass is 10.0. The molecule has 31 heavy (non-hydrogen) atoms. The number of alkyl carbamates (subject to hydrolysis) is 1. The van der Waals surface area contributed by atoms with E-state index in [1.165, 1.54) is 12.1 Å². The van der Waals surface area contributed by atoms with Crippen LogP contribution in [0.4, 0.5) is 25.4 Å². The van der Waals surface area contributed by atoms with Gasteiger partial charge in [0.05, 0.1) is 16.9 Å². The Balaban J connectivity index is 2.21. The van der Waals surface area contributed by atoms with E-state index in [-0.39, 0.29) is 24.0 Å². The standard InChI is InChI=1S/C21H28FN3O6/c1-5-9-30-19(28)24-16-11-17(15(22)10-14(16)18(26)27)25-8-6-7-13(12-25)23-20(29)31-21(2,3)4/h5,10-11,13H,1,6-9,12H2,2-4H3,(H,23,29)(H,24,28)(H,26,27)/t13-/m0/s1. The predicted molar refractivity (Wildman–Crippen MR) is 113 cm³/mol. The van der Waals surface area contributed by atoms with Crippen molar-refractivity contribution in [3.8, 4) is 0 Å². The fraction of sp³-hybridized carbons (Fsp3) is 0.476. The Morgan fingerprint density at radius 3 is 2.65 bits per heavy atom. The van der Waals surface area contributed by atoms with Crippen LogP contribution in [0.3, 0.4) is 0 Å². The highest BCUT2D eigenvalue weighted by Crippen LogP contribution is 2.30. The summed E-state index contributed by atoms with van der Waals surface area (Å²) in [4.78, 5) is 37.1. The van der Waals surface area contributed by atoms with E-state index in [2.05, 4.69) is 17.2 Å². The fourth-order valence-electron chi connectivity index (χ4n) is 3.15. The molecule has 0 radical (unpaired) electrons. The smallest absolute Gasteiger partial charge is 0.411 e. The molecule has 10 heteroatoms. The van der Waals surface area contributed by atoms with E-state index in [4.69, 9.17) is 9.47 Å². The van der Waals surface area contributed by atoms with Crippen LogP contribution in [0.5, 0.6) is 0 Å². The molecule has 0 spiro atoms. The van der Waals surface area contributed by atoms with Crippen molar-refractivity contribution < 1.29 is 33.4 Å². The number of amides is 2. The molecule has 2 amide bonds. The molecule has 0 aromatic heterocycles. The third kappa shape index (κ3) is 7.16. The molecule has 3 N–H and O–H groups in total. The van der Waals surface area contributed by atoms with Crippen LogP contribution in [-0.2, 0) is 9.47 Å². The van der Waals surface area contributed by atoms with Gasteiger partial charge in [-0.15, -0.1) is 0 Å². The Kier molecular flexibility index (Phi) is 7.84. The third-order valence-corrected chi connectivity index (χ3v) is 4.37.